The van der Waals surface area contributed by atoms with Crippen LogP contribution in [-0.2, 0) is 16.7 Å². The number of thiophene rings is 1. The Kier molecular flexibility index (Phi) is 6.04. The summed E-state index contributed by atoms with van der Waals surface area (Å²) in [5.41, 5.74) is -0.0534. The molecule has 0 saturated carbocycles. The van der Waals surface area contributed by atoms with E-state index in [9.17, 15) is 22.8 Å². The van der Waals surface area contributed by atoms with Gasteiger partial charge in [-0.2, -0.15) is 13.2 Å². The summed E-state index contributed by atoms with van der Waals surface area (Å²) >= 11 is 2.67. The van der Waals surface area contributed by atoms with Crippen LogP contribution in [0.1, 0.15) is 28.8 Å². The van der Waals surface area contributed by atoms with E-state index in [2.05, 4.69) is 15.3 Å². The zero-order chi connectivity index (χ0) is 21.3. The van der Waals surface area contributed by atoms with E-state index in [1.165, 1.54) is 35.2 Å². The number of hydrogen-bond acceptors (Lipinski definition) is 5. The van der Waals surface area contributed by atoms with Gasteiger partial charge in [0.2, 0.25) is 5.91 Å². The number of benzene rings is 1. The van der Waals surface area contributed by atoms with Crippen LogP contribution in [0.25, 0.3) is 10.2 Å². The lowest BCUT2D eigenvalue weighted by Crippen LogP contribution is -2.23. The molecule has 154 valence electrons. The zero-order valence-corrected chi connectivity index (χ0v) is 17.4. The molecular formula is C19H18F3N3O2S2. The third-order valence-corrected chi connectivity index (χ3v) is 6.64. The number of halogens is 3. The fourth-order valence-electron chi connectivity index (χ4n) is 2.66. The van der Waals surface area contributed by atoms with E-state index in [1.54, 1.807) is 6.92 Å². The van der Waals surface area contributed by atoms with Crippen molar-refractivity contribution in [3.05, 3.63) is 56.4 Å². The number of amides is 1. The minimum absolute atomic E-state index is 0.0785. The van der Waals surface area contributed by atoms with E-state index >= 15 is 0 Å². The number of carbonyl (C=O) groups is 1. The van der Waals surface area contributed by atoms with Crippen LogP contribution in [0.4, 0.5) is 18.9 Å². The summed E-state index contributed by atoms with van der Waals surface area (Å²) in [5, 5.41) is 2.51. The summed E-state index contributed by atoms with van der Waals surface area (Å²) in [6.07, 6.45) is -4.48. The molecule has 3 aromatic rings. The lowest BCUT2D eigenvalue weighted by Gasteiger charge is -2.13. The predicted molar refractivity (Wildman–Crippen MR) is 111 cm³/mol. The normalized spacial score (nSPS) is 12.9. The molecule has 2 heterocycles. The first-order chi connectivity index (χ1) is 13.6. The van der Waals surface area contributed by atoms with Gasteiger partial charge in [-0.1, -0.05) is 6.07 Å². The average molecular weight is 442 g/mol. The van der Waals surface area contributed by atoms with Crippen LogP contribution < -0.4 is 10.9 Å². The molecule has 10 heteroatoms. The van der Waals surface area contributed by atoms with Gasteiger partial charge in [0.05, 0.1) is 22.0 Å². The first-order valence-electron chi connectivity index (χ1n) is 8.65. The Bertz CT molecular complexity index is 1120. The Balaban J connectivity index is 1.66. The van der Waals surface area contributed by atoms with Crippen molar-refractivity contribution < 1.29 is 18.0 Å². The van der Waals surface area contributed by atoms with Crippen LogP contribution >= 0.6 is 23.1 Å². The standard InChI is InChI=1S/C19H18F3N3O2S2/c1-9-10(2)29-18-15(9)17(27)24-14(25-18)8-28-11(3)16(26)23-13-6-4-5-12(7-13)19(20,21)22/h4-7,11H,8H2,1-3H3,(H,23,26)(H,24,25,27)/t11-/m0/s1. The summed E-state index contributed by atoms with van der Waals surface area (Å²) < 4.78 is 38.4. The quantitative estimate of drug-likeness (QED) is 0.592. The van der Waals surface area contributed by atoms with Gasteiger partial charge in [0.15, 0.2) is 0 Å². The number of nitrogens with zero attached hydrogens (tertiary/aromatic N) is 1. The third-order valence-electron chi connectivity index (χ3n) is 4.38. The number of aromatic nitrogens is 2. The molecule has 0 radical (unpaired) electrons. The van der Waals surface area contributed by atoms with Crippen LogP contribution in [0.15, 0.2) is 29.1 Å². The molecule has 0 fully saturated rings. The number of hydrogen-bond donors (Lipinski definition) is 2. The highest BCUT2D eigenvalue weighted by Gasteiger charge is 2.30. The molecule has 2 aromatic heterocycles. The smallest absolute Gasteiger partial charge is 0.325 e. The molecule has 1 aromatic carbocycles. The molecule has 0 saturated heterocycles. The van der Waals surface area contributed by atoms with Crippen LogP contribution in [0.3, 0.4) is 0 Å². The van der Waals surface area contributed by atoms with Crippen molar-refractivity contribution in [2.75, 3.05) is 5.32 Å². The summed E-state index contributed by atoms with van der Waals surface area (Å²) in [6.45, 7) is 5.44. The lowest BCUT2D eigenvalue weighted by atomic mass is 10.2. The van der Waals surface area contributed by atoms with Gasteiger partial charge in [-0.15, -0.1) is 23.1 Å². The van der Waals surface area contributed by atoms with Crippen molar-refractivity contribution in [2.24, 2.45) is 0 Å². The van der Waals surface area contributed by atoms with E-state index in [4.69, 9.17) is 0 Å². The molecule has 0 aliphatic rings. The van der Waals surface area contributed by atoms with Crippen molar-refractivity contribution in [3.8, 4) is 0 Å². The zero-order valence-electron chi connectivity index (χ0n) is 15.8. The van der Waals surface area contributed by atoms with Gasteiger partial charge in [-0.05, 0) is 44.5 Å². The van der Waals surface area contributed by atoms with Gasteiger partial charge in [0, 0.05) is 10.6 Å². The number of thioether (sulfide) groups is 1. The monoisotopic (exact) mass is 441 g/mol. The second kappa shape index (κ2) is 8.19. The van der Waals surface area contributed by atoms with E-state index < -0.39 is 22.9 Å². The maximum absolute atomic E-state index is 12.8. The Hall–Kier alpha value is -2.33. The molecule has 1 amide bonds. The second-order valence-corrected chi connectivity index (χ2v) is 9.03. The number of H-pyrrole nitrogens is 1. The van der Waals surface area contributed by atoms with E-state index in [1.807, 2.05) is 13.8 Å². The minimum atomic E-state index is -4.48. The van der Waals surface area contributed by atoms with Crippen LogP contribution in [0.2, 0.25) is 0 Å². The Morgan fingerprint density at radius 1 is 1.34 bits per heavy atom. The highest BCUT2D eigenvalue weighted by atomic mass is 32.2. The maximum Gasteiger partial charge on any atom is 0.416 e. The number of aryl methyl sites for hydroxylation is 2. The molecule has 29 heavy (non-hydrogen) atoms. The summed E-state index contributed by atoms with van der Waals surface area (Å²) in [7, 11) is 0. The minimum Gasteiger partial charge on any atom is -0.325 e. The largest absolute Gasteiger partial charge is 0.416 e. The van der Waals surface area contributed by atoms with Gasteiger partial charge in [-0.25, -0.2) is 4.98 Å². The molecule has 0 aliphatic heterocycles. The van der Waals surface area contributed by atoms with Crippen LogP contribution in [-0.4, -0.2) is 21.1 Å². The van der Waals surface area contributed by atoms with Gasteiger partial charge in [0.1, 0.15) is 10.7 Å². The van der Waals surface area contributed by atoms with E-state index in [0.29, 0.717) is 21.8 Å². The molecule has 0 aliphatic carbocycles. The third kappa shape index (κ3) is 4.81. The maximum atomic E-state index is 12.8. The summed E-state index contributed by atoms with van der Waals surface area (Å²) in [6, 6.07) is 4.48. The average Bonchev–Trinajstić information content (AvgIpc) is 2.93. The number of rotatable bonds is 5. The van der Waals surface area contributed by atoms with Crippen LogP contribution in [0.5, 0.6) is 0 Å². The number of carbonyl (C=O) groups excluding carboxylic acids is 1. The molecule has 0 spiro atoms. The topological polar surface area (TPSA) is 74.8 Å². The molecule has 0 bridgehead atoms. The van der Waals surface area contributed by atoms with Crippen molar-refractivity contribution in [1.29, 1.82) is 0 Å². The van der Waals surface area contributed by atoms with E-state index in [-0.39, 0.29) is 11.2 Å². The summed E-state index contributed by atoms with van der Waals surface area (Å²) in [5.74, 6) is 0.311. The first kappa shape index (κ1) is 21.4. The number of alkyl halides is 3. The van der Waals surface area contributed by atoms with Crippen molar-refractivity contribution in [1.82, 2.24) is 9.97 Å². The van der Waals surface area contributed by atoms with Gasteiger partial charge < -0.3 is 10.3 Å². The number of fused-ring (bicyclic) bond motifs is 1. The number of nitrogens with one attached hydrogen (secondary N) is 2. The van der Waals surface area contributed by atoms with Gasteiger partial charge in [-0.3, -0.25) is 9.59 Å². The highest BCUT2D eigenvalue weighted by Crippen LogP contribution is 2.31. The first-order valence-corrected chi connectivity index (χ1v) is 10.5. The Morgan fingerprint density at radius 2 is 2.07 bits per heavy atom. The Labute approximate surface area is 172 Å². The molecule has 5 nitrogen and oxygen atoms in total. The molecule has 0 unspecified atom stereocenters. The number of aromatic amines is 1. The molecular weight excluding hydrogens is 423 g/mol. The second-order valence-electron chi connectivity index (χ2n) is 6.50. The SMILES string of the molecule is Cc1sc2nc(CS[C@@H](C)C(=O)Nc3cccc(C(F)(F)F)c3)[nH]c(=O)c2c1C. The fourth-order valence-corrected chi connectivity index (χ4v) is 4.47. The van der Waals surface area contributed by atoms with Gasteiger partial charge >= 0.3 is 6.18 Å². The fraction of sp³-hybridized carbons (Fsp3) is 0.316. The van der Waals surface area contributed by atoms with Crippen LogP contribution in [0, 0.1) is 13.8 Å². The summed E-state index contributed by atoms with van der Waals surface area (Å²) in [4.78, 5) is 33.5. The van der Waals surface area contributed by atoms with Crippen molar-refractivity contribution in [2.45, 2.75) is 38.0 Å². The lowest BCUT2D eigenvalue weighted by molar-refractivity contribution is -0.137. The van der Waals surface area contributed by atoms with Crippen molar-refractivity contribution in [3.63, 3.8) is 0 Å². The highest BCUT2D eigenvalue weighted by molar-refractivity contribution is 7.99. The molecule has 2 N–H and O–H groups in total. The van der Waals surface area contributed by atoms with Gasteiger partial charge in [0.25, 0.3) is 5.56 Å². The Morgan fingerprint density at radius 3 is 2.76 bits per heavy atom. The number of anilines is 1. The molecule has 1 atom stereocenters. The van der Waals surface area contributed by atoms with Crippen molar-refractivity contribution >= 4 is 44.9 Å². The van der Waals surface area contributed by atoms with E-state index in [0.717, 1.165) is 22.6 Å². The predicted octanol–water partition coefficient (Wildman–Crippen LogP) is 4.88. The molecule has 3 rings (SSSR count).